The van der Waals surface area contributed by atoms with E-state index in [1.165, 1.54) is 12.3 Å². The minimum atomic E-state index is -0.556. The number of halogens is 1. The highest BCUT2D eigenvalue weighted by Gasteiger charge is 2.13. The summed E-state index contributed by atoms with van der Waals surface area (Å²) >= 11 is 3.03. The van der Waals surface area contributed by atoms with Crippen LogP contribution < -0.4 is 4.74 Å². The Kier molecular flexibility index (Phi) is 3.18. The van der Waals surface area contributed by atoms with Gasteiger partial charge in [-0.3, -0.25) is 0 Å². The third-order valence-corrected chi connectivity index (χ3v) is 1.86. The summed E-state index contributed by atoms with van der Waals surface area (Å²) in [5.41, 5.74) is 0. The molecule has 5 nitrogen and oxygen atoms in total. The third kappa shape index (κ3) is 2.38. The molecule has 0 saturated heterocycles. The number of rotatable bonds is 3. The Bertz CT molecular complexity index is 330. The number of pyridine rings is 1. The van der Waals surface area contributed by atoms with Gasteiger partial charge in [-0.25, -0.2) is 0 Å². The predicted octanol–water partition coefficient (Wildman–Crippen LogP) is 2.15. The lowest BCUT2D eigenvalue weighted by Gasteiger charge is -2.00. The zero-order valence-corrected chi connectivity index (χ0v) is 8.44. The molecule has 6 heteroatoms. The van der Waals surface area contributed by atoms with Gasteiger partial charge in [0.15, 0.2) is 11.9 Å². The average Bonchev–Trinajstić information content (AvgIpc) is 2.04. The van der Waals surface area contributed by atoms with Gasteiger partial charge in [0.25, 0.3) is 0 Å². The zero-order valence-electron chi connectivity index (χ0n) is 6.86. The van der Waals surface area contributed by atoms with Gasteiger partial charge in [0.05, 0.1) is 6.61 Å². The van der Waals surface area contributed by atoms with Gasteiger partial charge in [-0.2, -0.15) is 0 Å². The van der Waals surface area contributed by atoms with E-state index < -0.39 is 4.92 Å². The normalized spacial score (nSPS) is 9.69. The van der Waals surface area contributed by atoms with Gasteiger partial charge in [0.1, 0.15) is 4.47 Å². The van der Waals surface area contributed by atoms with Crippen molar-refractivity contribution < 1.29 is 9.66 Å². The van der Waals surface area contributed by atoms with Gasteiger partial charge >= 0.3 is 5.82 Å². The van der Waals surface area contributed by atoms with E-state index >= 15 is 0 Å². The Morgan fingerprint density at radius 2 is 2.46 bits per heavy atom. The van der Waals surface area contributed by atoms with Crippen LogP contribution in [0.3, 0.4) is 0 Å². The van der Waals surface area contributed by atoms with E-state index in [0.717, 1.165) is 0 Å². The Labute approximate surface area is 83.0 Å². The van der Waals surface area contributed by atoms with Crippen LogP contribution in [-0.4, -0.2) is 16.5 Å². The highest BCUT2D eigenvalue weighted by molar-refractivity contribution is 9.10. The van der Waals surface area contributed by atoms with E-state index in [-0.39, 0.29) is 5.82 Å². The monoisotopic (exact) mass is 246 g/mol. The molecule has 1 aromatic rings. The van der Waals surface area contributed by atoms with Gasteiger partial charge < -0.3 is 14.9 Å². The molecule has 0 aromatic carbocycles. The quantitative estimate of drug-likeness (QED) is 0.606. The first-order chi connectivity index (χ1) is 6.15. The number of nitrogens with zero attached hydrogens (tertiary/aromatic N) is 2. The third-order valence-electron chi connectivity index (χ3n) is 1.28. The molecule has 1 heterocycles. The second-order valence-electron chi connectivity index (χ2n) is 2.17. The summed E-state index contributed by atoms with van der Waals surface area (Å²) in [5, 5.41) is 10.4. The van der Waals surface area contributed by atoms with E-state index in [9.17, 15) is 10.1 Å². The van der Waals surface area contributed by atoms with Crippen molar-refractivity contribution in [2.45, 2.75) is 6.92 Å². The molecule has 0 saturated carbocycles. The predicted molar refractivity (Wildman–Crippen MR) is 49.8 cm³/mol. The number of aromatic nitrogens is 1. The SMILES string of the molecule is CCOc1cnc([N+](=O)[O-])c(Br)c1. The largest absolute Gasteiger partial charge is 0.490 e. The molecular formula is C7H7BrN2O3. The van der Waals surface area contributed by atoms with Crippen LogP contribution in [0.25, 0.3) is 0 Å². The van der Waals surface area contributed by atoms with Crippen molar-refractivity contribution in [3.63, 3.8) is 0 Å². The van der Waals surface area contributed by atoms with Crippen LogP contribution in [0.15, 0.2) is 16.7 Å². The summed E-state index contributed by atoms with van der Waals surface area (Å²) < 4.78 is 5.43. The smallest absolute Gasteiger partial charge is 0.378 e. The maximum atomic E-state index is 10.4. The molecule has 0 radical (unpaired) electrons. The molecule has 0 N–H and O–H groups in total. The maximum absolute atomic E-state index is 10.4. The highest BCUT2D eigenvalue weighted by atomic mass is 79.9. The molecule has 70 valence electrons. The minimum absolute atomic E-state index is 0.205. The van der Waals surface area contributed by atoms with E-state index in [4.69, 9.17) is 4.74 Å². The molecule has 0 bridgehead atoms. The van der Waals surface area contributed by atoms with Gasteiger partial charge in [-0.15, -0.1) is 0 Å². The van der Waals surface area contributed by atoms with Crippen molar-refractivity contribution in [3.05, 3.63) is 26.9 Å². The first-order valence-electron chi connectivity index (χ1n) is 3.58. The average molecular weight is 247 g/mol. The number of hydrogen-bond donors (Lipinski definition) is 0. The van der Waals surface area contributed by atoms with Crippen molar-refractivity contribution in [1.82, 2.24) is 4.98 Å². The summed E-state index contributed by atoms with van der Waals surface area (Å²) in [6.07, 6.45) is 1.33. The van der Waals surface area contributed by atoms with Gasteiger partial charge in [-0.05, 0) is 32.8 Å². The Morgan fingerprint density at radius 3 is 2.92 bits per heavy atom. The molecule has 0 spiro atoms. The van der Waals surface area contributed by atoms with Crippen LogP contribution in [-0.2, 0) is 0 Å². The van der Waals surface area contributed by atoms with E-state index in [2.05, 4.69) is 20.9 Å². The second kappa shape index (κ2) is 4.18. The van der Waals surface area contributed by atoms with Crippen LogP contribution in [0.2, 0.25) is 0 Å². The molecule has 0 fully saturated rings. The van der Waals surface area contributed by atoms with Crippen LogP contribution in [0, 0.1) is 10.1 Å². The zero-order chi connectivity index (χ0) is 9.84. The lowest BCUT2D eigenvalue weighted by molar-refractivity contribution is -0.390. The second-order valence-corrected chi connectivity index (χ2v) is 3.02. The van der Waals surface area contributed by atoms with Crippen molar-refractivity contribution >= 4 is 21.7 Å². The molecular weight excluding hydrogens is 240 g/mol. The molecule has 0 aliphatic rings. The van der Waals surface area contributed by atoms with Crippen molar-refractivity contribution in [2.24, 2.45) is 0 Å². The first kappa shape index (κ1) is 9.91. The van der Waals surface area contributed by atoms with Crippen molar-refractivity contribution in [1.29, 1.82) is 0 Å². The highest BCUT2D eigenvalue weighted by Crippen LogP contribution is 2.25. The minimum Gasteiger partial charge on any atom is -0.490 e. The molecule has 0 aliphatic carbocycles. The summed E-state index contributed by atoms with van der Waals surface area (Å²) in [4.78, 5) is 13.4. The summed E-state index contributed by atoms with van der Waals surface area (Å²) in [6, 6.07) is 1.52. The number of hydrogen-bond acceptors (Lipinski definition) is 4. The van der Waals surface area contributed by atoms with Crippen LogP contribution >= 0.6 is 15.9 Å². The fraction of sp³-hybridized carbons (Fsp3) is 0.286. The molecule has 0 atom stereocenters. The molecule has 13 heavy (non-hydrogen) atoms. The Hall–Kier alpha value is -1.17. The van der Waals surface area contributed by atoms with E-state index in [1.807, 2.05) is 6.92 Å². The van der Waals surface area contributed by atoms with Crippen LogP contribution in [0.1, 0.15) is 6.92 Å². The Morgan fingerprint density at radius 1 is 1.77 bits per heavy atom. The Balaban J connectivity index is 2.98. The fourth-order valence-electron chi connectivity index (χ4n) is 0.793. The topological polar surface area (TPSA) is 65.3 Å². The van der Waals surface area contributed by atoms with E-state index in [0.29, 0.717) is 16.8 Å². The van der Waals surface area contributed by atoms with Crippen molar-refractivity contribution in [3.8, 4) is 5.75 Å². The van der Waals surface area contributed by atoms with Gasteiger partial charge in [0.2, 0.25) is 0 Å². The van der Waals surface area contributed by atoms with Crippen LogP contribution in [0.5, 0.6) is 5.75 Å². The maximum Gasteiger partial charge on any atom is 0.378 e. The van der Waals surface area contributed by atoms with Gasteiger partial charge in [0, 0.05) is 6.07 Å². The lowest BCUT2D eigenvalue weighted by Crippen LogP contribution is -1.96. The van der Waals surface area contributed by atoms with E-state index in [1.54, 1.807) is 0 Å². The van der Waals surface area contributed by atoms with Gasteiger partial charge in [-0.1, -0.05) is 0 Å². The molecule has 0 unspecified atom stereocenters. The van der Waals surface area contributed by atoms with Crippen molar-refractivity contribution in [2.75, 3.05) is 6.61 Å². The standard InChI is InChI=1S/C7H7BrN2O3/c1-2-13-5-3-6(8)7(9-4-5)10(11)12/h3-4H,2H2,1H3. The number of nitro groups is 1. The fourth-order valence-corrected chi connectivity index (χ4v) is 1.27. The van der Waals surface area contributed by atoms with Crippen LogP contribution in [0.4, 0.5) is 5.82 Å². The first-order valence-corrected chi connectivity index (χ1v) is 4.37. The lowest BCUT2D eigenvalue weighted by atomic mass is 10.4. The molecule has 1 rings (SSSR count). The summed E-state index contributed by atoms with van der Waals surface area (Å²) in [5.74, 6) is 0.309. The summed E-state index contributed by atoms with van der Waals surface area (Å²) in [7, 11) is 0. The molecule has 1 aromatic heterocycles. The summed E-state index contributed by atoms with van der Waals surface area (Å²) in [6.45, 7) is 2.33. The molecule has 0 amide bonds. The molecule has 0 aliphatic heterocycles. The number of ether oxygens (including phenoxy) is 1.